The van der Waals surface area contributed by atoms with Crippen LogP contribution in [0.15, 0.2) is 48.5 Å². The van der Waals surface area contributed by atoms with Crippen LogP contribution in [-0.2, 0) is 6.54 Å². The third-order valence-electron chi connectivity index (χ3n) is 3.21. The standard InChI is InChI=1S/C16H12ClN3O2/c17-16-19-13-7-2-1-6-12(13)14(20-16)18-9-10-4-3-5-11(8-10)15(21)22/h1-8H,9H2,(H,21,22)(H,18,19,20). The van der Waals surface area contributed by atoms with Crippen molar-refractivity contribution in [3.8, 4) is 0 Å². The van der Waals surface area contributed by atoms with Gasteiger partial charge in [-0.25, -0.2) is 14.8 Å². The molecule has 0 atom stereocenters. The Morgan fingerprint density at radius 3 is 2.77 bits per heavy atom. The maximum atomic E-state index is 11.0. The van der Waals surface area contributed by atoms with Crippen LogP contribution in [0.2, 0.25) is 5.28 Å². The molecular formula is C16H12ClN3O2. The molecule has 3 rings (SSSR count). The summed E-state index contributed by atoms with van der Waals surface area (Å²) in [5, 5.41) is 13.2. The van der Waals surface area contributed by atoms with Gasteiger partial charge in [0.05, 0.1) is 11.1 Å². The fourth-order valence-electron chi connectivity index (χ4n) is 2.18. The number of aromatic carboxylic acids is 1. The van der Waals surface area contributed by atoms with E-state index in [4.69, 9.17) is 16.7 Å². The van der Waals surface area contributed by atoms with Gasteiger partial charge in [-0.05, 0) is 41.4 Å². The molecule has 22 heavy (non-hydrogen) atoms. The van der Waals surface area contributed by atoms with Crippen LogP contribution >= 0.6 is 11.6 Å². The number of benzene rings is 2. The number of nitrogens with one attached hydrogen (secondary N) is 1. The van der Waals surface area contributed by atoms with Crippen molar-refractivity contribution in [1.29, 1.82) is 0 Å². The lowest BCUT2D eigenvalue weighted by Gasteiger charge is -2.09. The molecule has 6 heteroatoms. The minimum Gasteiger partial charge on any atom is -0.478 e. The van der Waals surface area contributed by atoms with Gasteiger partial charge in [-0.15, -0.1) is 0 Å². The number of hydrogen-bond acceptors (Lipinski definition) is 4. The van der Waals surface area contributed by atoms with Gasteiger partial charge in [-0.3, -0.25) is 0 Å². The molecule has 0 saturated carbocycles. The molecule has 110 valence electrons. The molecule has 2 aromatic carbocycles. The molecule has 0 bridgehead atoms. The fraction of sp³-hybridized carbons (Fsp3) is 0.0625. The van der Waals surface area contributed by atoms with Crippen LogP contribution in [0.5, 0.6) is 0 Å². The Labute approximate surface area is 131 Å². The number of carboxylic acid groups (broad SMARTS) is 1. The Balaban J connectivity index is 1.88. The molecule has 0 aliphatic rings. The van der Waals surface area contributed by atoms with Gasteiger partial charge in [-0.1, -0.05) is 24.3 Å². The van der Waals surface area contributed by atoms with E-state index in [0.717, 1.165) is 16.5 Å². The highest BCUT2D eigenvalue weighted by Gasteiger charge is 2.07. The van der Waals surface area contributed by atoms with Crippen LogP contribution in [0.4, 0.5) is 5.82 Å². The topological polar surface area (TPSA) is 75.1 Å². The third-order valence-corrected chi connectivity index (χ3v) is 3.38. The van der Waals surface area contributed by atoms with Gasteiger partial charge < -0.3 is 10.4 Å². The van der Waals surface area contributed by atoms with Crippen molar-refractivity contribution in [1.82, 2.24) is 9.97 Å². The first-order chi connectivity index (χ1) is 10.6. The second kappa shape index (κ2) is 5.99. The molecule has 0 saturated heterocycles. The van der Waals surface area contributed by atoms with Crippen LogP contribution in [0.3, 0.4) is 0 Å². The van der Waals surface area contributed by atoms with E-state index in [1.54, 1.807) is 18.2 Å². The Bertz CT molecular complexity index is 852. The number of halogens is 1. The van der Waals surface area contributed by atoms with Gasteiger partial charge in [0.1, 0.15) is 5.82 Å². The van der Waals surface area contributed by atoms with Gasteiger partial charge in [0, 0.05) is 11.9 Å². The van der Waals surface area contributed by atoms with Gasteiger partial charge in [0.25, 0.3) is 0 Å². The zero-order chi connectivity index (χ0) is 15.5. The molecule has 0 amide bonds. The largest absolute Gasteiger partial charge is 0.478 e. The van der Waals surface area contributed by atoms with Crippen LogP contribution in [-0.4, -0.2) is 21.0 Å². The average molecular weight is 314 g/mol. The number of carbonyl (C=O) groups is 1. The number of aromatic nitrogens is 2. The second-order valence-electron chi connectivity index (χ2n) is 4.72. The molecule has 0 radical (unpaired) electrons. The molecule has 0 fully saturated rings. The van der Waals surface area contributed by atoms with Gasteiger partial charge >= 0.3 is 5.97 Å². The number of para-hydroxylation sites is 1. The zero-order valence-corrected chi connectivity index (χ0v) is 12.2. The summed E-state index contributed by atoms with van der Waals surface area (Å²) in [5.74, 6) is -0.325. The highest BCUT2D eigenvalue weighted by Crippen LogP contribution is 2.22. The lowest BCUT2D eigenvalue weighted by atomic mass is 10.1. The third kappa shape index (κ3) is 2.99. The summed E-state index contributed by atoms with van der Waals surface area (Å²) >= 11 is 5.93. The molecule has 1 aromatic heterocycles. The van der Waals surface area contributed by atoms with Crippen molar-refractivity contribution in [2.75, 3.05) is 5.32 Å². The Morgan fingerprint density at radius 2 is 1.95 bits per heavy atom. The van der Waals surface area contributed by atoms with E-state index in [1.165, 1.54) is 0 Å². The summed E-state index contributed by atoms with van der Waals surface area (Å²) < 4.78 is 0. The average Bonchev–Trinajstić information content (AvgIpc) is 2.52. The van der Waals surface area contributed by atoms with Crippen LogP contribution in [0, 0.1) is 0 Å². The van der Waals surface area contributed by atoms with Crippen molar-refractivity contribution in [2.24, 2.45) is 0 Å². The molecule has 0 aliphatic carbocycles. The van der Waals surface area contributed by atoms with Crippen LogP contribution in [0.25, 0.3) is 10.9 Å². The molecule has 5 nitrogen and oxygen atoms in total. The Kier molecular flexibility index (Phi) is 3.89. The lowest BCUT2D eigenvalue weighted by molar-refractivity contribution is 0.0697. The Hall–Kier alpha value is -2.66. The summed E-state index contributed by atoms with van der Waals surface area (Å²) in [5.41, 5.74) is 1.85. The summed E-state index contributed by atoms with van der Waals surface area (Å²) in [7, 11) is 0. The highest BCUT2D eigenvalue weighted by molar-refractivity contribution is 6.28. The monoisotopic (exact) mass is 313 g/mol. The van der Waals surface area contributed by atoms with E-state index in [1.807, 2.05) is 30.3 Å². The number of nitrogens with zero attached hydrogens (tertiary/aromatic N) is 2. The molecular weight excluding hydrogens is 302 g/mol. The highest BCUT2D eigenvalue weighted by atomic mass is 35.5. The van der Waals surface area contributed by atoms with Crippen molar-refractivity contribution in [3.05, 3.63) is 64.9 Å². The first-order valence-corrected chi connectivity index (χ1v) is 6.99. The summed E-state index contributed by atoms with van der Waals surface area (Å²) in [6, 6.07) is 14.3. The van der Waals surface area contributed by atoms with Crippen molar-refractivity contribution in [3.63, 3.8) is 0 Å². The van der Waals surface area contributed by atoms with Gasteiger partial charge in [0.2, 0.25) is 5.28 Å². The minimum atomic E-state index is -0.947. The van der Waals surface area contributed by atoms with E-state index in [0.29, 0.717) is 12.4 Å². The zero-order valence-electron chi connectivity index (χ0n) is 11.5. The molecule has 0 aliphatic heterocycles. The van der Waals surface area contributed by atoms with Crippen molar-refractivity contribution < 1.29 is 9.90 Å². The molecule has 2 N–H and O–H groups in total. The number of carboxylic acids is 1. The molecule has 0 spiro atoms. The van der Waals surface area contributed by atoms with E-state index in [9.17, 15) is 4.79 Å². The predicted molar refractivity (Wildman–Crippen MR) is 85.3 cm³/mol. The summed E-state index contributed by atoms with van der Waals surface area (Å²) in [6.07, 6.45) is 0. The molecule has 1 heterocycles. The number of hydrogen-bond donors (Lipinski definition) is 2. The SMILES string of the molecule is O=C(O)c1cccc(CNc2nc(Cl)nc3ccccc23)c1. The number of rotatable bonds is 4. The lowest BCUT2D eigenvalue weighted by Crippen LogP contribution is -2.04. The number of fused-ring (bicyclic) bond motifs is 1. The summed E-state index contributed by atoms with van der Waals surface area (Å²) in [6.45, 7) is 0.443. The van der Waals surface area contributed by atoms with Crippen molar-refractivity contribution in [2.45, 2.75) is 6.54 Å². The fourth-order valence-corrected chi connectivity index (χ4v) is 2.36. The van der Waals surface area contributed by atoms with Gasteiger partial charge in [-0.2, -0.15) is 0 Å². The quantitative estimate of drug-likeness (QED) is 0.720. The van der Waals surface area contributed by atoms with Crippen LogP contribution < -0.4 is 5.32 Å². The van der Waals surface area contributed by atoms with Crippen LogP contribution in [0.1, 0.15) is 15.9 Å². The first-order valence-electron chi connectivity index (χ1n) is 6.62. The molecule has 3 aromatic rings. The van der Waals surface area contributed by atoms with Gasteiger partial charge in [0.15, 0.2) is 0 Å². The van der Waals surface area contributed by atoms with E-state index < -0.39 is 5.97 Å². The van der Waals surface area contributed by atoms with E-state index in [-0.39, 0.29) is 10.8 Å². The maximum Gasteiger partial charge on any atom is 0.335 e. The van der Waals surface area contributed by atoms with E-state index >= 15 is 0 Å². The normalized spacial score (nSPS) is 10.6. The predicted octanol–water partition coefficient (Wildman–Crippen LogP) is 3.59. The maximum absolute atomic E-state index is 11.0. The smallest absolute Gasteiger partial charge is 0.335 e. The second-order valence-corrected chi connectivity index (χ2v) is 5.06. The molecule has 0 unspecified atom stereocenters. The van der Waals surface area contributed by atoms with Crippen molar-refractivity contribution >= 4 is 34.3 Å². The van der Waals surface area contributed by atoms with E-state index in [2.05, 4.69) is 15.3 Å². The minimum absolute atomic E-state index is 0.167. The summed E-state index contributed by atoms with van der Waals surface area (Å²) in [4.78, 5) is 19.4. The first kappa shape index (κ1) is 14.3. The Morgan fingerprint density at radius 1 is 1.14 bits per heavy atom. The number of anilines is 1.